The molecule has 320 valence electrons. The Hall–Kier alpha value is -4.67. The second-order valence-electron chi connectivity index (χ2n) is 11.5. The minimum atomic E-state index is -4.63. The molecule has 0 bridgehead atoms. The molecular weight excluding hydrogens is 841 g/mol. The van der Waals surface area contributed by atoms with Crippen molar-refractivity contribution in [3.8, 4) is 23.0 Å². The van der Waals surface area contributed by atoms with E-state index in [1.807, 2.05) is 6.07 Å². The van der Waals surface area contributed by atoms with E-state index in [1.54, 1.807) is 50.2 Å². The number of aryl methyl sites for hydroxylation is 2. The van der Waals surface area contributed by atoms with Crippen LogP contribution in [0.15, 0.2) is 60.7 Å². The fourth-order valence-corrected chi connectivity index (χ4v) is 4.94. The number of hydrogen-bond donors (Lipinski definition) is 1. The van der Waals surface area contributed by atoms with Crippen LogP contribution in [0.4, 0.5) is 38.0 Å². The Balaban J connectivity index is 0.000000515. The fraction of sp³-hybridized carbons (Fsp3) is 0.385. The molecule has 0 unspecified atom stereocenters. The maximum atomic E-state index is 13.2. The Morgan fingerprint density at radius 2 is 1.10 bits per heavy atom. The Morgan fingerprint density at radius 1 is 0.655 bits per heavy atom. The molecule has 0 atom stereocenters. The van der Waals surface area contributed by atoms with E-state index in [2.05, 4.69) is 15.3 Å². The van der Waals surface area contributed by atoms with Crippen LogP contribution in [0, 0.1) is 0 Å². The van der Waals surface area contributed by atoms with Crippen molar-refractivity contribution in [1.29, 1.82) is 0 Å². The highest BCUT2D eigenvalue weighted by Crippen LogP contribution is 2.33. The standard InChI is InChI=1S/C19H20ClF3N2O3.C17H19F3N2O2.C2H2Cl2O.CH4/c1-4-12-8-16(19(21,22)23)24-17(9-12)25(18(26)10-20)11-13-5-6-14(27-2)15(7-13)28-3;1-4-11-8-15(17(18,19)20)22-16(9-11)21-10-12-5-6-13(23-2)14(7-12)24-3;3-1-2(4)5;/h5-9H,4,10-11H2,1-3H3;5-9H,4,10H2,1-3H3,(H,21,22);1H2;1H4. The molecule has 58 heavy (non-hydrogen) atoms. The van der Waals surface area contributed by atoms with Gasteiger partial charge in [-0.2, -0.15) is 26.3 Å². The molecule has 0 fully saturated rings. The highest BCUT2D eigenvalue weighted by atomic mass is 35.5. The van der Waals surface area contributed by atoms with Crippen LogP contribution >= 0.6 is 34.8 Å². The minimum Gasteiger partial charge on any atom is -0.493 e. The number of pyridine rings is 2. The van der Waals surface area contributed by atoms with Gasteiger partial charge in [0.2, 0.25) is 11.1 Å². The lowest BCUT2D eigenvalue weighted by atomic mass is 10.1. The zero-order valence-electron chi connectivity index (χ0n) is 31.7. The Bertz CT molecular complexity index is 1940. The Kier molecular flexibility index (Phi) is 21.5. The molecular formula is C39H45Cl3F6N4O6. The SMILES string of the molecule is C.CCc1cc(N(Cc2ccc(OC)c(OC)c2)C(=O)CCl)nc(C(F)(F)F)c1.CCc1cc(NCc2ccc(OC)c(OC)c2)nc(C(F)(F)F)c1.O=C(Cl)CCl. The van der Waals surface area contributed by atoms with E-state index >= 15 is 0 Å². The smallest absolute Gasteiger partial charge is 0.433 e. The maximum absolute atomic E-state index is 13.2. The number of ether oxygens (including phenoxy) is 4. The van der Waals surface area contributed by atoms with E-state index in [9.17, 15) is 35.9 Å². The average Bonchev–Trinajstić information content (AvgIpc) is 3.20. The number of halogens is 9. The number of nitrogens with one attached hydrogen (secondary N) is 1. The topological polar surface area (TPSA) is 112 Å². The molecule has 4 aromatic rings. The first-order chi connectivity index (χ1) is 26.9. The van der Waals surface area contributed by atoms with Gasteiger partial charge in [-0.3, -0.25) is 14.5 Å². The molecule has 2 aromatic heterocycles. The van der Waals surface area contributed by atoms with E-state index < -0.39 is 40.8 Å². The molecule has 2 aromatic carbocycles. The van der Waals surface area contributed by atoms with Crippen LogP contribution in [0.1, 0.15) is 54.9 Å². The van der Waals surface area contributed by atoms with E-state index in [1.165, 1.54) is 34.5 Å². The first-order valence-corrected chi connectivity index (χ1v) is 18.2. The summed E-state index contributed by atoms with van der Waals surface area (Å²) in [7, 11) is 6.01. The molecule has 0 aliphatic rings. The molecule has 0 aliphatic heterocycles. The van der Waals surface area contributed by atoms with Crippen LogP contribution in [-0.2, 0) is 47.9 Å². The summed E-state index contributed by atoms with van der Waals surface area (Å²) in [5.74, 6) is 1.11. The molecule has 1 amide bonds. The number of alkyl halides is 8. The van der Waals surface area contributed by atoms with Gasteiger partial charge in [-0.15, -0.1) is 23.2 Å². The summed E-state index contributed by atoms with van der Waals surface area (Å²) < 4.78 is 99.1. The van der Waals surface area contributed by atoms with Crippen molar-refractivity contribution in [2.24, 2.45) is 0 Å². The summed E-state index contributed by atoms with van der Waals surface area (Å²) in [6.45, 7) is 3.82. The summed E-state index contributed by atoms with van der Waals surface area (Å²) >= 11 is 15.2. The zero-order valence-corrected chi connectivity index (χ0v) is 34.0. The number of amides is 1. The van der Waals surface area contributed by atoms with Crippen LogP contribution in [-0.4, -0.2) is 61.3 Å². The van der Waals surface area contributed by atoms with Gasteiger partial charge in [0.1, 0.15) is 28.9 Å². The van der Waals surface area contributed by atoms with Gasteiger partial charge in [-0.1, -0.05) is 33.4 Å². The van der Waals surface area contributed by atoms with Crippen LogP contribution in [0.3, 0.4) is 0 Å². The van der Waals surface area contributed by atoms with Gasteiger partial charge in [0, 0.05) is 6.54 Å². The van der Waals surface area contributed by atoms with E-state index in [-0.39, 0.29) is 31.5 Å². The molecule has 2 heterocycles. The molecule has 4 rings (SSSR count). The number of benzene rings is 2. The summed E-state index contributed by atoms with van der Waals surface area (Å²) in [6, 6.07) is 15.4. The van der Waals surface area contributed by atoms with Gasteiger partial charge < -0.3 is 24.3 Å². The number of rotatable bonds is 14. The van der Waals surface area contributed by atoms with Crippen molar-refractivity contribution in [2.75, 3.05) is 50.4 Å². The molecule has 0 spiro atoms. The second kappa shape index (κ2) is 24.3. The molecule has 0 radical (unpaired) electrons. The van der Waals surface area contributed by atoms with Crippen molar-refractivity contribution in [2.45, 2.75) is 59.6 Å². The third-order valence-corrected chi connectivity index (χ3v) is 8.40. The molecule has 1 N–H and O–H groups in total. The lowest BCUT2D eigenvalue weighted by molar-refractivity contribution is -0.141. The van der Waals surface area contributed by atoms with E-state index in [0.29, 0.717) is 59.1 Å². The van der Waals surface area contributed by atoms with Gasteiger partial charge in [0.05, 0.1) is 40.9 Å². The second-order valence-corrected chi connectivity index (χ2v) is 12.5. The van der Waals surface area contributed by atoms with Crippen LogP contribution in [0.5, 0.6) is 23.0 Å². The third-order valence-electron chi connectivity index (χ3n) is 7.66. The lowest BCUT2D eigenvalue weighted by Crippen LogP contribution is -2.32. The number of carbonyl (C=O) groups excluding carboxylic acids is 2. The molecule has 10 nitrogen and oxygen atoms in total. The zero-order chi connectivity index (χ0) is 42.9. The number of anilines is 2. The van der Waals surface area contributed by atoms with Crippen LogP contribution in [0.2, 0.25) is 0 Å². The third kappa shape index (κ3) is 15.9. The largest absolute Gasteiger partial charge is 0.493 e. The van der Waals surface area contributed by atoms with Crippen molar-refractivity contribution in [3.63, 3.8) is 0 Å². The predicted octanol–water partition coefficient (Wildman–Crippen LogP) is 10.4. The first kappa shape index (κ1) is 51.3. The van der Waals surface area contributed by atoms with Gasteiger partial charge >= 0.3 is 12.4 Å². The van der Waals surface area contributed by atoms with Crippen molar-refractivity contribution in [1.82, 2.24) is 9.97 Å². The molecule has 0 saturated heterocycles. The highest BCUT2D eigenvalue weighted by Gasteiger charge is 2.34. The monoisotopic (exact) mass is 884 g/mol. The summed E-state index contributed by atoms with van der Waals surface area (Å²) in [6.07, 6.45) is -8.24. The fourth-order valence-electron chi connectivity index (χ4n) is 4.80. The van der Waals surface area contributed by atoms with Gasteiger partial charge in [-0.05, 0) is 95.2 Å². The molecule has 0 saturated carbocycles. The number of carbonyl (C=O) groups is 2. The summed E-state index contributed by atoms with van der Waals surface area (Å²) in [4.78, 5) is 30.3. The lowest BCUT2D eigenvalue weighted by Gasteiger charge is -2.23. The number of hydrogen-bond acceptors (Lipinski definition) is 9. The number of methoxy groups -OCH3 is 4. The van der Waals surface area contributed by atoms with Gasteiger partial charge in [0.25, 0.3) is 0 Å². The predicted molar refractivity (Wildman–Crippen MR) is 214 cm³/mol. The molecule has 0 aliphatic carbocycles. The van der Waals surface area contributed by atoms with E-state index in [0.717, 1.165) is 22.6 Å². The van der Waals surface area contributed by atoms with Crippen molar-refractivity contribution < 1.29 is 54.9 Å². The van der Waals surface area contributed by atoms with Gasteiger partial charge in [-0.25, -0.2) is 9.97 Å². The highest BCUT2D eigenvalue weighted by molar-refractivity contribution is 6.67. The summed E-state index contributed by atoms with van der Waals surface area (Å²) in [5, 5.41) is 2.42. The number of nitrogens with zero attached hydrogens (tertiary/aromatic N) is 3. The first-order valence-electron chi connectivity index (χ1n) is 16.8. The maximum Gasteiger partial charge on any atom is 0.433 e. The quantitative estimate of drug-likeness (QED) is 0.0751. The Morgan fingerprint density at radius 3 is 1.53 bits per heavy atom. The van der Waals surface area contributed by atoms with Crippen LogP contribution in [0.25, 0.3) is 0 Å². The summed E-state index contributed by atoms with van der Waals surface area (Å²) in [5.41, 5.74) is 0.501. The minimum absolute atomic E-state index is 0. The normalized spacial score (nSPS) is 10.7. The van der Waals surface area contributed by atoms with Crippen molar-refractivity contribution >= 4 is 57.6 Å². The Labute approximate surface area is 348 Å². The average molecular weight is 886 g/mol. The van der Waals surface area contributed by atoms with Crippen LogP contribution < -0.4 is 29.2 Å². The van der Waals surface area contributed by atoms with E-state index in [4.69, 9.17) is 53.8 Å². The molecule has 19 heteroatoms. The van der Waals surface area contributed by atoms with Crippen molar-refractivity contribution in [3.05, 3.63) is 94.3 Å². The van der Waals surface area contributed by atoms with Gasteiger partial charge in [0.15, 0.2) is 23.0 Å². The number of aromatic nitrogens is 2.